The van der Waals surface area contributed by atoms with Crippen molar-refractivity contribution >= 4 is 5.97 Å². The van der Waals surface area contributed by atoms with E-state index in [1.807, 2.05) is 0 Å². The number of epoxide rings is 1. The van der Waals surface area contributed by atoms with E-state index in [2.05, 4.69) is 0 Å². The molecular weight excluding hydrogens is 313 g/mol. The minimum atomic E-state index is -4.32. The molecule has 0 aliphatic carbocycles. The molecule has 1 unspecified atom stereocenters. The molecule has 0 saturated carbocycles. The summed E-state index contributed by atoms with van der Waals surface area (Å²) in [5.74, 6) is -0.967. The second kappa shape index (κ2) is 7.31. The lowest BCUT2D eigenvalue weighted by atomic mass is 10.1. The van der Waals surface area contributed by atoms with E-state index in [1.165, 1.54) is 12.1 Å². The first-order valence-electron chi connectivity index (χ1n) is 7.45. The topological polar surface area (TPSA) is 59.1 Å². The highest BCUT2D eigenvalue weighted by atomic mass is 19.4. The zero-order chi connectivity index (χ0) is 16.9. The van der Waals surface area contributed by atoms with Crippen molar-refractivity contribution in [1.29, 1.82) is 0 Å². The van der Waals surface area contributed by atoms with Crippen LogP contribution < -0.4 is 0 Å². The van der Waals surface area contributed by atoms with E-state index < -0.39 is 23.3 Å². The fourth-order valence-corrected chi connectivity index (χ4v) is 2.24. The first-order valence-corrected chi connectivity index (χ1v) is 7.45. The Labute approximate surface area is 132 Å². The Kier molecular flexibility index (Phi) is 5.64. The van der Waals surface area contributed by atoms with Gasteiger partial charge in [-0.05, 0) is 30.9 Å². The van der Waals surface area contributed by atoms with Gasteiger partial charge in [-0.2, -0.15) is 13.2 Å². The van der Waals surface area contributed by atoms with Gasteiger partial charge < -0.3 is 14.6 Å². The molecule has 1 aromatic carbocycles. The Balaban J connectivity index is 1.60. The van der Waals surface area contributed by atoms with Gasteiger partial charge in [0.25, 0.3) is 0 Å². The third kappa shape index (κ3) is 5.21. The second-order valence-corrected chi connectivity index (χ2v) is 5.61. The van der Waals surface area contributed by atoms with Crippen LogP contribution in [0.25, 0.3) is 0 Å². The summed E-state index contributed by atoms with van der Waals surface area (Å²) in [4.78, 5) is 10.8. The molecule has 4 nitrogen and oxygen atoms in total. The number of aliphatic carboxylic acids is 1. The molecular formula is C16H19F3O4. The molecule has 128 valence electrons. The van der Waals surface area contributed by atoms with Crippen molar-refractivity contribution in [1.82, 2.24) is 0 Å². The fraction of sp³-hybridized carbons (Fsp3) is 0.562. The van der Waals surface area contributed by atoms with Crippen LogP contribution in [-0.4, -0.2) is 36.5 Å². The summed E-state index contributed by atoms with van der Waals surface area (Å²) < 4.78 is 48.0. The van der Waals surface area contributed by atoms with Gasteiger partial charge >= 0.3 is 12.1 Å². The van der Waals surface area contributed by atoms with Gasteiger partial charge in [-0.15, -0.1) is 0 Å². The first-order chi connectivity index (χ1) is 10.8. The SMILES string of the molecule is O=C(O)C1(CCOCCCCc2cccc(C(F)(F)F)c2)CO1. The number of rotatable bonds is 9. The molecule has 0 spiro atoms. The van der Waals surface area contributed by atoms with Crippen molar-refractivity contribution < 1.29 is 32.5 Å². The lowest BCUT2D eigenvalue weighted by Crippen LogP contribution is -2.25. The van der Waals surface area contributed by atoms with Crippen LogP contribution in [0.3, 0.4) is 0 Å². The van der Waals surface area contributed by atoms with Crippen LogP contribution in [0, 0.1) is 0 Å². The Morgan fingerprint density at radius 3 is 2.65 bits per heavy atom. The third-order valence-electron chi connectivity index (χ3n) is 3.79. The Hall–Kier alpha value is -1.60. The number of carboxylic acid groups (broad SMARTS) is 1. The highest BCUT2D eigenvalue weighted by Gasteiger charge is 2.52. The maximum atomic E-state index is 12.6. The van der Waals surface area contributed by atoms with Gasteiger partial charge in [0, 0.05) is 19.6 Å². The molecule has 1 aliphatic heterocycles. The van der Waals surface area contributed by atoms with Crippen LogP contribution in [-0.2, 0) is 26.9 Å². The molecule has 1 aromatic rings. The summed E-state index contributed by atoms with van der Waals surface area (Å²) in [6, 6.07) is 5.32. The second-order valence-electron chi connectivity index (χ2n) is 5.61. The van der Waals surface area contributed by atoms with E-state index in [0.29, 0.717) is 44.5 Å². The number of hydrogen-bond donors (Lipinski definition) is 1. The molecule has 1 atom stereocenters. The van der Waals surface area contributed by atoms with Gasteiger partial charge in [-0.1, -0.05) is 18.2 Å². The van der Waals surface area contributed by atoms with E-state index in [4.69, 9.17) is 14.6 Å². The minimum Gasteiger partial charge on any atom is -0.479 e. The zero-order valence-electron chi connectivity index (χ0n) is 12.6. The number of alkyl halides is 3. The summed E-state index contributed by atoms with van der Waals surface area (Å²) in [7, 11) is 0. The standard InChI is InChI=1S/C16H19F3O4/c17-16(18,19)13-6-3-5-12(10-13)4-1-2-8-22-9-7-15(11-23-15)14(20)21/h3,5-6,10H,1-2,4,7-9,11H2,(H,20,21). The molecule has 1 heterocycles. The van der Waals surface area contributed by atoms with Gasteiger partial charge in [0.1, 0.15) is 0 Å². The van der Waals surface area contributed by atoms with Gasteiger partial charge in [0.2, 0.25) is 0 Å². The Morgan fingerprint density at radius 2 is 2.04 bits per heavy atom. The number of carbonyl (C=O) groups is 1. The number of unbranched alkanes of at least 4 members (excludes halogenated alkanes) is 1. The van der Waals surface area contributed by atoms with E-state index in [0.717, 1.165) is 6.07 Å². The lowest BCUT2D eigenvalue weighted by Gasteiger charge is -2.09. The van der Waals surface area contributed by atoms with Crippen molar-refractivity contribution in [3.05, 3.63) is 35.4 Å². The first kappa shape index (κ1) is 17.7. The van der Waals surface area contributed by atoms with Gasteiger partial charge in [-0.25, -0.2) is 4.79 Å². The van der Waals surface area contributed by atoms with Crippen molar-refractivity contribution in [2.24, 2.45) is 0 Å². The third-order valence-corrected chi connectivity index (χ3v) is 3.79. The number of halogens is 3. The minimum absolute atomic E-state index is 0.223. The smallest absolute Gasteiger partial charge is 0.416 e. The normalized spacial score (nSPS) is 20.5. The highest BCUT2D eigenvalue weighted by molar-refractivity contribution is 5.80. The van der Waals surface area contributed by atoms with Crippen molar-refractivity contribution in [2.45, 2.75) is 37.5 Å². The molecule has 1 aliphatic rings. The van der Waals surface area contributed by atoms with Crippen molar-refractivity contribution in [2.75, 3.05) is 19.8 Å². The average Bonchev–Trinajstić information content (AvgIpc) is 3.27. The molecule has 0 amide bonds. The van der Waals surface area contributed by atoms with Crippen LogP contribution in [0.15, 0.2) is 24.3 Å². The number of ether oxygens (including phenoxy) is 2. The maximum absolute atomic E-state index is 12.6. The Bertz CT molecular complexity index is 538. The average molecular weight is 332 g/mol. The molecule has 0 aromatic heterocycles. The van der Waals surface area contributed by atoms with Gasteiger partial charge in [0.05, 0.1) is 12.2 Å². The molecule has 0 radical (unpaired) electrons. The zero-order valence-corrected chi connectivity index (χ0v) is 12.6. The fourth-order valence-electron chi connectivity index (χ4n) is 2.24. The van der Waals surface area contributed by atoms with Crippen LogP contribution in [0.1, 0.15) is 30.4 Å². The lowest BCUT2D eigenvalue weighted by molar-refractivity contribution is -0.144. The molecule has 2 rings (SSSR count). The van der Waals surface area contributed by atoms with Crippen LogP contribution >= 0.6 is 0 Å². The summed E-state index contributed by atoms with van der Waals surface area (Å²) in [5.41, 5.74) is -1.04. The Morgan fingerprint density at radius 1 is 1.30 bits per heavy atom. The largest absolute Gasteiger partial charge is 0.479 e. The molecule has 1 saturated heterocycles. The monoisotopic (exact) mass is 332 g/mol. The number of benzene rings is 1. The van der Waals surface area contributed by atoms with Gasteiger partial charge in [0.15, 0.2) is 5.60 Å². The van der Waals surface area contributed by atoms with E-state index >= 15 is 0 Å². The van der Waals surface area contributed by atoms with Gasteiger partial charge in [-0.3, -0.25) is 0 Å². The van der Waals surface area contributed by atoms with E-state index in [-0.39, 0.29) is 6.61 Å². The maximum Gasteiger partial charge on any atom is 0.416 e. The predicted molar refractivity (Wildman–Crippen MR) is 76.1 cm³/mol. The molecule has 7 heteroatoms. The predicted octanol–water partition coefficient (Wildman–Crippen LogP) is 3.29. The van der Waals surface area contributed by atoms with Crippen LogP contribution in [0.4, 0.5) is 13.2 Å². The number of hydrogen-bond acceptors (Lipinski definition) is 3. The summed E-state index contributed by atoms with van der Waals surface area (Å²) >= 11 is 0. The quantitative estimate of drug-likeness (QED) is 0.557. The van der Waals surface area contributed by atoms with Crippen molar-refractivity contribution in [3.63, 3.8) is 0 Å². The van der Waals surface area contributed by atoms with E-state index in [9.17, 15) is 18.0 Å². The number of carboxylic acids is 1. The van der Waals surface area contributed by atoms with Crippen LogP contribution in [0.2, 0.25) is 0 Å². The summed E-state index contributed by atoms with van der Waals surface area (Å²) in [6.07, 6.45) is -2.03. The molecule has 23 heavy (non-hydrogen) atoms. The molecule has 1 N–H and O–H groups in total. The summed E-state index contributed by atoms with van der Waals surface area (Å²) in [5, 5.41) is 8.89. The molecule has 0 bridgehead atoms. The summed E-state index contributed by atoms with van der Waals surface area (Å²) in [6.45, 7) is 0.978. The number of aryl methyl sites for hydroxylation is 1. The van der Waals surface area contributed by atoms with Crippen LogP contribution in [0.5, 0.6) is 0 Å². The highest BCUT2D eigenvalue weighted by Crippen LogP contribution is 2.31. The van der Waals surface area contributed by atoms with E-state index in [1.54, 1.807) is 6.07 Å². The van der Waals surface area contributed by atoms with Crippen molar-refractivity contribution in [3.8, 4) is 0 Å². The molecule has 1 fully saturated rings.